The van der Waals surface area contributed by atoms with Crippen molar-refractivity contribution in [2.75, 3.05) is 0 Å². The van der Waals surface area contributed by atoms with Crippen LogP contribution in [0.15, 0.2) is 51.8 Å². The number of aromatic hydroxyl groups is 3. The zero-order chi connectivity index (χ0) is 17.7. The molecule has 0 saturated heterocycles. The highest BCUT2D eigenvalue weighted by Gasteiger charge is 2.22. The predicted octanol–water partition coefficient (Wildman–Crippen LogP) is 3.73. The van der Waals surface area contributed by atoms with Crippen molar-refractivity contribution < 1.29 is 19.7 Å². The van der Waals surface area contributed by atoms with E-state index in [1.807, 2.05) is 0 Å². The van der Waals surface area contributed by atoms with Gasteiger partial charge in [-0.1, -0.05) is 11.6 Å². The molecule has 0 unspecified atom stereocenters. The third-order valence-electron chi connectivity index (χ3n) is 3.92. The molecule has 1 aliphatic heterocycles. The van der Waals surface area contributed by atoms with Crippen molar-refractivity contribution in [3.63, 3.8) is 0 Å². The van der Waals surface area contributed by atoms with Crippen LogP contribution in [0.4, 0.5) is 0 Å². The summed E-state index contributed by atoms with van der Waals surface area (Å²) in [4.78, 5) is 15.8. The molecule has 0 radical (unpaired) electrons. The summed E-state index contributed by atoms with van der Waals surface area (Å²) in [5.41, 5.74) is 1.10. The summed E-state index contributed by atoms with van der Waals surface area (Å²) in [6.07, 6.45) is 1.53. The Balaban J connectivity index is 2.27. The van der Waals surface area contributed by atoms with Crippen LogP contribution >= 0.6 is 11.6 Å². The topological polar surface area (TPSA) is 104 Å². The van der Waals surface area contributed by atoms with Gasteiger partial charge in [-0.05, 0) is 24.3 Å². The SMILES string of the molecule is O=c1cc2oc3cc(O)c(O)cc3c(-c3cccnc3Cl)c-2cc1O. The monoisotopic (exact) mass is 355 g/mol. The van der Waals surface area contributed by atoms with Crippen LogP contribution in [-0.2, 0) is 0 Å². The molecule has 1 aromatic carbocycles. The molecule has 1 aromatic heterocycles. The number of phenols is 3. The van der Waals surface area contributed by atoms with Gasteiger partial charge >= 0.3 is 0 Å². The van der Waals surface area contributed by atoms with Crippen LogP contribution in [0.3, 0.4) is 0 Å². The molecule has 0 saturated carbocycles. The third kappa shape index (κ3) is 2.35. The molecule has 2 aliphatic rings. The van der Waals surface area contributed by atoms with Gasteiger partial charge in [0.05, 0.1) is 0 Å². The first kappa shape index (κ1) is 15.3. The Morgan fingerprint density at radius 3 is 2.48 bits per heavy atom. The average Bonchev–Trinajstić information content (AvgIpc) is 2.57. The lowest BCUT2D eigenvalue weighted by atomic mass is 9.94. The van der Waals surface area contributed by atoms with Crippen LogP contribution < -0.4 is 5.43 Å². The molecule has 0 bridgehead atoms. The highest BCUT2D eigenvalue weighted by atomic mass is 35.5. The highest BCUT2D eigenvalue weighted by molar-refractivity contribution is 6.32. The Labute approximate surface area is 145 Å². The first-order chi connectivity index (χ1) is 12.0. The number of fused-ring (bicyclic) bond motifs is 2. The Morgan fingerprint density at radius 2 is 1.72 bits per heavy atom. The van der Waals surface area contributed by atoms with Crippen molar-refractivity contribution in [1.29, 1.82) is 0 Å². The summed E-state index contributed by atoms with van der Waals surface area (Å²) in [7, 11) is 0. The highest BCUT2D eigenvalue weighted by Crippen LogP contribution is 2.45. The lowest BCUT2D eigenvalue weighted by Gasteiger charge is -2.16. The van der Waals surface area contributed by atoms with Crippen molar-refractivity contribution in [2.24, 2.45) is 0 Å². The van der Waals surface area contributed by atoms with E-state index in [1.54, 1.807) is 12.1 Å². The lowest BCUT2D eigenvalue weighted by molar-refractivity contribution is 0.404. The molecule has 3 N–H and O–H groups in total. The summed E-state index contributed by atoms with van der Waals surface area (Å²) >= 11 is 6.22. The number of nitrogens with zero attached hydrogens (tertiary/aromatic N) is 1. The van der Waals surface area contributed by atoms with E-state index in [4.69, 9.17) is 16.0 Å². The molecule has 0 spiro atoms. The van der Waals surface area contributed by atoms with Gasteiger partial charge in [-0.25, -0.2) is 4.98 Å². The zero-order valence-corrected chi connectivity index (χ0v) is 13.3. The van der Waals surface area contributed by atoms with Crippen molar-refractivity contribution >= 4 is 22.6 Å². The number of halogens is 1. The maximum absolute atomic E-state index is 11.8. The van der Waals surface area contributed by atoms with E-state index in [0.29, 0.717) is 22.1 Å². The molecule has 124 valence electrons. The average molecular weight is 356 g/mol. The number of aromatic nitrogens is 1. The smallest absolute Gasteiger partial charge is 0.223 e. The van der Waals surface area contributed by atoms with E-state index >= 15 is 0 Å². The van der Waals surface area contributed by atoms with Gasteiger partial charge in [0, 0.05) is 40.4 Å². The van der Waals surface area contributed by atoms with Crippen molar-refractivity contribution in [3.8, 4) is 39.7 Å². The number of benzene rings is 2. The van der Waals surface area contributed by atoms with E-state index in [-0.39, 0.29) is 28.0 Å². The summed E-state index contributed by atoms with van der Waals surface area (Å²) in [6, 6.07) is 8.41. The number of pyridine rings is 1. The Kier molecular flexibility index (Phi) is 3.30. The lowest BCUT2D eigenvalue weighted by Crippen LogP contribution is -2.01. The van der Waals surface area contributed by atoms with E-state index < -0.39 is 11.2 Å². The second-order valence-electron chi connectivity index (χ2n) is 5.47. The van der Waals surface area contributed by atoms with Gasteiger partial charge in [0.15, 0.2) is 17.2 Å². The van der Waals surface area contributed by atoms with Gasteiger partial charge in [-0.2, -0.15) is 0 Å². The molecule has 4 rings (SSSR count). The van der Waals surface area contributed by atoms with Gasteiger partial charge in [0.25, 0.3) is 0 Å². The van der Waals surface area contributed by atoms with E-state index in [0.717, 1.165) is 6.07 Å². The molecule has 25 heavy (non-hydrogen) atoms. The quantitative estimate of drug-likeness (QED) is 0.273. The first-order valence-electron chi connectivity index (χ1n) is 7.22. The number of rotatable bonds is 1. The summed E-state index contributed by atoms with van der Waals surface area (Å²) in [6.45, 7) is 0. The molecule has 0 amide bonds. The van der Waals surface area contributed by atoms with Crippen molar-refractivity contribution in [1.82, 2.24) is 4.98 Å². The van der Waals surface area contributed by atoms with Gasteiger partial charge in [0.1, 0.15) is 16.5 Å². The van der Waals surface area contributed by atoms with Gasteiger partial charge in [-0.15, -0.1) is 0 Å². The minimum absolute atomic E-state index is 0.203. The number of phenolic OH excluding ortho intramolecular Hbond substituents is 3. The standard InChI is InChI=1S/C18H10ClNO5/c19-18-8(2-1-3-20-18)17-9-4-11(21)13(23)6-15(9)25-16-7-14(24)12(22)5-10(16)17/h1-7,21-23H. The fraction of sp³-hybridized carbons (Fsp3) is 0. The maximum atomic E-state index is 11.8. The Hall–Kier alpha value is -3.25. The fourth-order valence-electron chi connectivity index (χ4n) is 2.79. The molecule has 2 heterocycles. The minimum Gasteiger partial charge on any atom is -0.504 e. The van der Waals surface area contributed by atoms with Gasteiger partial charge in [0.2, 0.25) is 5.43 Å². The molecular weight excluding hydrogens is 346 g/mol. The number of hydrogen-bond donors (Lipinski definition) is 3. The summed E-state index contributed by atoms with van der Waals surface area (Å²) in [5.74, 6) is -0.936. The fourth-order valence-corrected chi connectivity index (χ4v) is 3.01. The first-order valence-corrected chi connectivity index (χ1v) is 7.60. The van der Waals surface area contributed by atoms with Gasteiger partial charge < -0.3 is 19.7 Å². The van der Waals surface area contributed by atoms with Crippen LogP contribution in [0.25, 0.3) is 33.4 Å². The largest absolute Gasteiger partial charge is 0.504 e. The Morgan fingerprint density at radius 1 is 0.960 bits per heavy atom. The van der Waals surface area contributed by atoms with Crippen LogP contribution in [-0.4, -0.2) is 20.3 Å². The molecule has 2 aromatic rings. The second-order valence-corrected chi connectivity index (χ2v) is 5.83. The van der Waals surface area contributed by atoms with E-state index in [2.05, 4.69) is 4.98 Å². The number of hydrogen-bond acceptors (Lipinski definition) is 6. The molecule has 6 nitrogen and oxygen atoms in total. The van der Waals surface area contributed by atoms with Crippen LogP contribution in [0, 0.1) is 0 Å². The second kappa shape index (κ2) is 5.39. The van der Waals surface area contributed by atoms with E-state index in [9.17, 15) is 20.1 Å². The summed E-state index contributed by atoms with van der Waals surface area (Å²) < 4.78 is 5.67. The molecule has 0 fully saturated rings. The minimum atomic E-state index is -0.596. The van der Waals surface area contributed by atoms with Crippen molar-refractivity contribution in [3.05, 3.63) is 58.0 Å². The van der Waals surface area contributed by atoms with Crippen LogP contribution in [0.2, 0.25) is 5.15 Å². The molecular formula is C18H10ClNO5. The normalized spacial score (nSPS) is 11.2. The third-order valence-corrected chi connectivity index (χ3v) is 4.23. The molecule has 7 heteroatoms. The Bertz CT molecular complexity index is 1170. The molecule has 0 atom stereocenters. The van der Waals surface area contributed by atoms with E-state index in [1.165, 1.54) is 24.4 Å². The predicted molar refractivity (Wildman–Crippen MR) is 92.3 cm³/mol. The van der Waals surface area contributed by atoms with Crippen molar-refractivity contribution in [2.45, 2.75) is 0 Å². The summed E-state index contributed by atoms with van der Waals surface area (Å²) in [5, 5.41) is 30.1. The zero-order valence-electron chi connectivity index (χ0n) is 12.5. The molecule has 1 aliphatic carbocycles. The van der Waals surface area contributed by atoms with Crippen LogP contribution in [0.1, 0.15) is 0 Å². The maximum Gasteiger partial charge on any atom is 0.223 e. The van der Waals surface area contributed by atoms with Crippen LogP contribution in [0.5, 0.6) is 17.2 Å². The van der Waals surface area contributed by atoms with Gasteiger partial charge in [-0.3, -0.25) is 4.79 Å².